The fraction of sp³-hybridized carbons (Fsp3) is 0.375. The number of carboxylic acids is 1. The molecule has 2 aromatic carbocycles. The lowest BCUT2D eigenvalue weighted by atomic mass is 9.98. The van der Waals surface area contributed by atoms with Crippen molar-refractivity contribution in [2.75, 3.05) is 20.2 Å². The molecule has 3 rings (SSSR count). The van der Waals surface area contributed by atoms with Crippen LogP contribution in [0.2, 0.25) is 0 Å². The highest BCUT2D eigenvalue weighted by Crippen LogP contribution is 2.44. The number of benzene rings is 2. The van der Waals surface area contributed by atoms with Gasteiger partial charge in [0.2, 0.25) is 5.91 Å². The smallest absolute Gasteiger partial charge is 0.407 e. The maximum Gasteiger partial charge on any atom is 0.407 e. The van der Waals surface area contributed by atoms with Crippen LogP contribution in [0.4, 0.5) is 4.79 Å². The van der Waals surface area contributed by atoms with Gasteiger partial charge in [-0.05, 0) is 42.5 Å². The highest BCUT2D eigenvalue weighted by molar-refractivity contribution is 5.81. The van der Waals surface area contributed by atoms with E-state index in [2.05, 4.69) is 29.6 Å². The van der Waals surface area contributed by atoms with E-state index in [0.717, 1.165) is 27.2 Å². The van der Waals surface area contributed by atoms with E-state index in [1.807, 2.05) is 24.3 Å². The Hall–Kier alpha value is -3.35. The van der Waals surface area contributed by atoms with Crippen molar-refractivity contribution in [1.29, 1.82) is 0 Å². The summed E-state index contributed by atoms with van der Waals surface area (Å²) < 4.78 is 5.56. The van der Waals surface area contributed by atoms with Gasteiger partial charge < -0.3 is 20.1 Å². The number of hydrogen-bond acceptors (Lipinski definition) is 4. The molecule has 0 atom stereocenters. The molecule has 7 nitrogen and oxygen atoms in total. The van der Waals surface area contributed by atoms with Crippen LogP contribution in [0.3, 0.4) is 0 Å². The standard InChI is InChI=1S/C24H28N2O5/c1-24(2,13-12-21(27)26(3)14-22(28)29)25-23(30)31-15-20-18-10-6-4-8-16(18)17-9-5-7-11-19(17)20/h4-11,20H,12-15H2,1-3H3,(H,25,30)(H,28,29). The van der Waals surface area contributed by atoms with Gasteiger partial charge in [-0.2, -0.15) is 0 Å². The van der Waals surface area contributed by atoms with Crippen molar-refractivity contribution >= 4 is 18.0 Å². The fourth-order valence-corrected chi connectivity index (χ4v) is 3.87. The summed E-state index contributed by atoms with van der Waals surface area (Å²) >= 11 is 0. The Balaban J connectivity index is 1.55. The van der Waals surface area contributed by atoms with Gasteiger partial charge in [-0.15, -0.1) is 0 Å². The average Bonchev–Trinajstić information content (AvgIpc) is 3.03. The summed E-state index contributed by atoms with van der Waals surface area (Å²) in [6.07, 6.45) is -0.0568. The molecule has 0 radical (unpaired) electrons. The molecular formula is C24H28N2O5. The molecule has 0 fully saturated rings. The van der Waals surface area contributed by atoms with E-state index in [1.165, 1.54) is 7.05 Å². The van der Waals surface area contributed by atoms with Crippen molar-refractivity contribution in [3.8, 4) is 11.1 Å². The van der Waals surface area contributed by atoms with E-state index in [-0.39, 0.29) is 31.4 Å². The van der Waals surface area contributed by atoms with Crippen LogP contribution in [0.1, 0.15) is 43.7 Å². The molecule has 2 aromatic rings. The van der Waals surface area contributed by atoms with Gasteiger partial charge in [-0.1, -0.05) is 48.5 Å². The van der Waals surface area contributed by atoms with Crippen LogP contribution in [0.5, 0.6) is 0 Å². The Morgan fingerprint density at radius 1 is 1.03 bits per heavy atom. The summed E-state index contributed by atoms with van der Waals surface area (Å²) in [5.41, 5.74) is 3.93. The van der Waals surface area contributed by atoms with Gasteiger partial charge in [-0.25, -0.2) is 4.79 Å². The summed E-state index contributed by atoms with van der Waals surface area (Å²) in [4.78, 5) is 36.4. The first-order chi connectivity index (χ1) is 14.7. The molecule has 0 heterocycles. The molecule has 164 valence electrons. The zero-order valence-electron chi connectivity index (χ0n) is 18.1. The number of rotatable bonds is 8. The molecule has 0 saturated heterocycles. The minimum absolute atomic E-state index is 0.0208. The van der Waals surface area contributed by atoms with Gasteiger partial charge in [0.15, 0.2) is 0 Å². The van der Waals surface area contributed by atoms with E-state index in [4.69, 9.17) is 9.84 Å². The SMILES string of the molecule is CN(CC(=O)O)C(=O)CCC(C)(C)NC(=O)OCC1c2ccccc2-c2ccccc21. The average molecular weight is 424 g/mol. The van der Waals surface area contributed by atoms with Crippen molar-refractivity contribution < 1.29 is 24.2 Å². The van der Waals surface area contributed by atoms with Gasteiger partial charge in [0.1, 0.15) is 13.2 Å². The van der Waals surface area contributed by atoms with Crippen LogP contribution in [0, 0.1) is 0 Å². The quantitative estimate of drug-likeness (QED) is 0.675. The van der Waals surface area contributed by atoms with E-state index in [9.17, 15) is 14.4 Å². The molecule has 1 aliphatic rings. The highest BCUT2D eigenvalue weighted by Gasteiger charge is 2.30. The van der Waals surface area contributed by atoms with Gasteiger partial charge >= 0.3 is 12.1 Å². The predicted octanol–water partition coefficient (Wildman–Crippen LogP) is 3.63. The second-order valence-electron chi connectivity index (χ2n) is 8.48. The van der Waals surface area contributed by atoms with Crippen molar-refractivity contribution in [3.63, 3.8) is 0 Å². The number of carbonyl (C=O) groups excluding carboxylic acids is 2. The predicted molar refractivity (Wildman–Crippen MR) is 117 cm³/mol. The normalized spacial score (nSPS) is 12.6. The Kier molecular flexibility index (Phi) is 6.63. The third kappa shape index (κ3) is 5.42. The minimum atomic E-state index is -1.06. The molecule has 0 bridgehead atoms. The zero-order valence-corrected chi connectivity index (χ0v) is 18.1. The first kappa shape index (κ1) is 22.3. The van der Waals surface area contributed by atoms with E-state index in [1.54, 1.807) is 13.8 Å². The van der Waals surface area contributed by atoms with Crippen molar-refractivity contribution in [2.45, 2.75) is 38.1 Å². The maximum absolute atomic E-state index is 12.5. The molecule has 0 saturated carbocycles. The topological polar surface area (TPSA) is 95.9 Å². The number of carbonyl (C=O) groups is 3. The lowest BCUT2D eigenvalue weighted by Gasteiger charge is -2.27. The van der Waals surface area contributed by atoms with Gasteiger partial charge in [0.05, 0.1) is 0 Å². The number of fused-ring (bicyclic) bond motifs is 3. The van der Waals surface area contributed by atoms with Crippen molar-refractivity contribution in [2.24, 2.45) is 0 Å². The third-order valence-corrected chi connectivity index (χ3v) is 5.55. The van der Waals surface area contributed by atoms with Gasteiger partial charge in [0, 0.05) is 24.9 Å². The van der Waals surface area contributed by atoms with Crippen molar-refractivity contribution in [1.82, 2.24) is 10.2 Å². The number of amides is 2. The summed E-state index contributed by atoms with van der Waals surface area (Å²) in [6.45, 7) is 3.48. The molecule has 7 heteroatoms. The molecule has 0 aliphatic heterocycles. The van der Waals surface area contributed by atoms with E-state index in [0.29, 0.717) is 6.42 Å². The number of hydrogen-bond donors (Lipinski definition) is 2. The van der Waals surface area contributed by atoms with Crippen LogP contribution < -0.4 is 5.32 Å². The van der Waals surface area contributed by atoms with Gasteiger partial charge in [0.25, 0.3) is 0 Å². The third-order valence-electron chi connectivity index (χ3n) is 5.55. The van der Waals surface area contributed by atoms with Crippen LogP contribution in [0.15, 0.2) is 48.5 Å². The Morgan fingerprint density at radius 3 is 2.13 bits per heavy atom. The van der Waals surface area contributed by atoms with Crippen LogP contribution in [0.25, 0.3) is 11.1 Å². The highest BCUT2D eigenvalue weighted by atomic mass is 16.5. The fourth-order valence-electron chi connectivity index (χ4n) is 3.87. The number of carboxylic acid groups (broad SMARTS) is 1. The summed E-state index contributed by atoms with van der Waals surface area (Å²) in [6, 6.07) is 16.3. The molecular weight excluding hydrogens is 396 g/mol. The first-order valence-corrected chi connectivity index (χ1v) is 10.3. The largest absolute Gasteiger partial charge is 0.480 e. The van der Waals surface area contributed by atoms with Crippen LogP contribution in [-0.4, -0.2) is 53.7 Å². The van der Waals surface area contributed by atoms with Crippen molar-refractivity contribution in [3.05, 3.63) is 59.7 Å². The molecule has 31 heavy (non-hydrogen) atoms. The molecule has 0 unspecified atom stereocenters. The van der Waals surface area contributed by atoms with Crippen LogP contribution >= 0.6 is 0 Å². The van der Waals surface area contributed by atoms with Gasteiger partial charge in [-0.3, -0.25) is 9.59 Å². The number of alkyl carbamates (subject to hydrolysis) is 1. The summed E-state index contributed by atoms with van der Waals surface area (Å²) in [5, 5.41) is 11.6. The number of nitrogens with zero attached hydrogens (tertiary/aromatic N) is 1. The number of aliphatic carboxylic acids is 1. The Bertz CT molecular complexity index is 940. The second-order valence-corrected chi connectivity index (χ2v) is 8.48. The molecule has 2 amide bonds. The maximum atomic E-state index is 12.5. The second kappa shape index (κ2) is 9.20. The monoisotopic (exact) mass is 424 g/mol. The number of ether oxygens (including phenoxy) is 1. The summed E-state index contributed by atoms with van der Waals surface area (Å²) in [5.74, 6) is -1.37. The Morgan fingerprint density at radius 2 is 1.58 bits per heavy atom. The molecule has 2 N–H and O–H groups in total. The van der Waals surface area contributed by atoms with Crippen LogP contribution in [-0.2, 0) is 14.3 Å². The summed E-state index contributed by atoms with van der Waals surface area (Å²) in [7, 11) is 1.45. The lowest BCUT2D eigenvalue weighted by Crippen LogP contribution is -2.45. The molecule has 0 spiro atoms. The lowest BCUT2D eigenvalue weighted by molar-refractivity contribution is -0.143. The van der Waals surface area contributed by atoms with E-state index < -0.39 is 17.6 Å². The Labute approximate surface area is 182 Å². The minimum Gasteiger partial charge on any atom is -0.480 e. The first-order valence-electron chi connectivity index (χ1n) is 10.3. The molecule has 0 aromatic heterocycles. The zero-order chi connectivity index (χ0) is 22.6. The number of likely N-dealkylation sites (N-methyl/N-ethyl adjacent to an activating group) is 1. The molecule has 1 aliphatic carbocycles. The van der Waals surface area contributed by atoms with E-state index >= 15 is 0 Å². The number of nitrogens with one attached hydrogen (secondary N) is 1.